The van der Waals surface area contributed by atoms with Gasteiger partial charge in [-0.05, 0) is 29.7 Å². The lowest BCUT2D eigenvalue weighted by Gasteiger charge is -2.47. The topological polar surface area (TPSA) is 145 Å². The monoisotopic (exact) mass is 534 g/mol. The first-order valence-electron chi connectivity index (χ1n) is 12.9. The van der Waals surface area contributed by atoms with E-state index in [4.69, 9.17) is 4.74 Å². The van der Waals surface area contributed by atoms with Gasteiger partial charge >= 0.3 is 5.97 Å². The minimum atomic E-state index is -1.50. The molecular weight excluding hydrogens is 504 g/mol. The predicted octanol–water partition coefficient (Wildman–Crippen LogP) is 0.466. The van der Waals surface area contributed by atoms with Gasteiger partial charge < -0.3 is 30.3 Å². The molecule has 2 aromatic carbocycles. The zero-order valence-corrected chi connectivity index (χ0v) is 21.4. The van der Waals surface area contributed by atoms with Crippen LogP contribution in [0.3, 0.4) is 0 Å². The molecule has 0 bridgehead atoms. The summed E-state index contributed by atoms with van der Waals surface area (Å²) in [6, 6.07) is 9.32. The van der Waals surface area contributed by atoms with E-state index in [1.165, 1.54) is 16.7 Å². The summed E-state index contributed by atoms with van der Waals surface area (Å²) in [4.78, 5) is 67.6. The van der Waals surface area contributed by atoms with Crippen LogP contribution in [0.1, 0.15) is 36.5 Å². The van der Waals surface area contributed by atoms with Crippen molar-refractivity contribution in [2.75, 3.05) is 13.1 Å². The fraction of sp³-hybridized carbons (Fsp3) is 0.393. The minimum absolute atomic E-state index is 0.0608. The van der Waals surface area contributed by atoms with Gasteiger partial charge in [-0.25, -0.2) is 0 Å². The fourth-order valence-corrected chi connectivity index (χ4v) is 5.45. The SMILES string of the molecule is CC(=O)N1C[C@@H]2CC=CC[C@H](NC(=O)c3cccc4ccccc34)C(=O)N2[C@H](C(=O)NC2CC(=O)OC2O)C1. The Balaban J connectivity index is 1.42. The van der Waals surface area contributed by atoms with Gasteiger partial charge in [0, 0.05) is 19.0 Å². The molecule has 5 rings (SSSR count). The van der Waals surface area contributed by atoms with Gasteiger partial charge in [-0.1, -0.05) is 48.6 Å². The predicted molar refractivity (Wildman–Crippen MR) is 139 cm³/mol. The van der Waals surface area contributed by atoms with Crippen molar-refractivity contribution in [3.8, 4) is 0 Å². The highest BCUT2D eigenvalue weighted by atomic mass is 16.6. The largest absolute Gasteiger partial charge is 0.434 e. The van der Waals surface area contributed by atoms with Crippen molar-refractivity contribution in [1.82, 2.24) is 20.4 Å². The summed E-state index contributed by atoms with van der Waals surface area (Å²) >= 11 is 0. The molecule has 2 unspecified atom stereocenters. The van der Waals surface area contributed by atoms with E-state index in [9.17, 15) is 29.1 Å². The van der Waals surface area contributed by atoms with Gasteiger partial charge in [-0.2, -0.15) is 0 Å². The Morgan fingerprint density at radius 1 is 0.974 bits per heavy atom. The molecule has 5 atom stereocenters. The lowest BCUT2D eigenvalue weighted by Crippen LogP contribution is -2.68. The molecule has 2 aromatic rings. The number of aliphatic hydroxyl groups is 1. The molecule has 11 heteroatoms. The van der Waals surface area contributed by atoms with Gasteiger partial charge in [0.15, 0.2) is 0 Å². The first kappa shape index (κ1) is 26.4. The van der Waals surface area contributed by atoms with Crippen LogP contribution in [0.15, 0.2) is 54.6 Å². The van der Waals surface area contributed by atoms with Crippen molar-refractivity contribution in [1.29, 1.82) is 0 Å². The molecule has 3 aliphatic heterocycles. The van der Waals surface area contributed by atoms with Crippen molar-refractivity contribution in [3.05, 3.63) is 60.2 Å². The number of hydrogen-bond donors (Lipinski definition) is 3. The number of fused-ring (bicyclic) bond motifs is 2. The second-order valence-corrected chi connectivity index (χ2v) is 10.0. The van der Waals surface area contributed by atoms with Gasteiger partial charge in [0.1, 0.15) is 18.1 Å². The molecule has 0 aromatic heterocycles. The molecule has 11 nitrogen and oxygen atoms in total. The summed E-state index contributed by atoms with van der Waals surface area (Å²) in [5.74, 6) is -2.37. The summed E-state index contributed by atoms with van der Waals surface area (Å²) in [5, 5.41) is 17.1. The van der Waals surface area contributed by atoms with E-state index in [0.717, 1.165) is 10.8 Å². The van der Waals surface area contributed by atoms with Crippen molar-refractivity contribution in [2.45, 2.75) is 56.6 Å². The third kappa shape index (κ3) is 5.35. The quantitative estimate of drug-likeness (QED) is 0.382. The molecule has 3 aliphatic rings. The fourth-order valence-electron chi connectivity index (χ4n) is 5.45. The van der Waals surface area contributed by atoms with Crippen molar-refractivity contribution in [2.24, 2.45) is 0 Å². The molecule has 0 radical (unpaired) electrons. The zero-order chi connectivity index (χ0) is 27.7. The molecule has 39 heavy (non-hydrogen) atoms. The van der Waals surface area contributed by atoms with E-state index >= 15 is 0 Å². The molecule has 0 spiro atoms. The lowest BCUT2D eigenvalue weighted by molar-refractivity contribution is -0.157. The highest BCUT2D eigenvalue weighted by Crippen LogP contribution is 2.25. The number of hydrogen-bond acceptors (Lipinski definition) is 7. The Hall–Kier alpha value is -4.25. The minimum Gasteiger partial charge on any atom is -0.434 e. The molecule has 204 valence electrons. The van der Waals surface area contributed by atoms with E-state index < -0.39 is 54.1 Å². The van der Waals surface area contributed by atoms with Gasteiger partial charge in [-0.15, -0.1) is 0 Å². The van der Waals surface area contributed by atoms with E-state index in [-0.39, 0.29) is 31.8 Å². The molecule has 3 heterocycles. The Morgan fingerprint density at radius 3 is 2.46 bits per heavy atom. The number of carbonyl (C=O) groups is 5. The maximum atomic E-state index is 14.0. The van der Waals surface area contributed by atoms with Crippen LogP contribution in [0.2, 0.25) is 0 Å². The maximum absolute atomic E-state index is 14.0. The number of rotatable bonds is 4. The summed E-state index contributed by atoms with van der Waals surface area (Å²) in [6.07, 6.45) is 2.64. The Kier molecular flexibility index (Phi) is 7.34. The number of nitrogens with zero attached hydrogens (tertiary/aromatic N) is 2. The van der Waals surface area contributed by atoms with Gasteiger partial charge in [0.05, 0.1) is 19.0 Å². The molecule has 4 amide bonds. The smallest absolute Gasteiger partial charge is 0.310 e. The molecule has 2 fully saturated rings. The Labute approximate surface area is 224 Å². The number of cyclic esters (lactones) is 1. The molecule has 0 saturated carbocycles. The van der Waals surface area contributed by atoms with Gasteiger partial charge in [0.25, 0.3) is 5.91 Å². The first-order chi connectivity index (χ1) is 18.7. The van der Waals surface area contributed by atoms with Crippen LogP contribution in [0.25, 0.3) is 10.8 Å². The third-order valence-corrected chi connectivity index (χ3v) is 7.45. The highest BCUT2D eigenvalue weighted by molar-refractivity contribution is 6.08. The van der Waals surface area contributed by atoms with Crippen LogP contribution in [0.5, 0.6) is 0 Å². The molecular formula is C28H30N4O7. The van der Waals surface area contributed by atoms with Gasteiger partial charge in [-0.3, -0.25) is 24.0 Å². The van der Waals surface area contributed by atoms with Crippen LogP contribution in [-0.4, -0.2) is 88.1 Å². The first-order valence-corrected chi connectivity index (χ1v) is 12.9. The van der Waals surface area contributed by atoms with Crippen LogP contribution < -0.4 is 10.6 Å². The maximum Gasteiger partial charge on any atom is 0.310 e. The Morgan fingerprint density at radius 2 is 1.72 bits per heavy atom. The van der Waals surface area contributed by atoms with E-state index in [1.807, 2.05) is 42.5 Å². The van der Waals surface area contributed by atoms with E-state index in [0.29, 0.717) is 12.0 Å². The second-order valence-electron chi connectivity index (χ2n) is 10.0. The number of aliphatic hydroxyl groups excluding tert-OH is 1. The normalized spacial score (nSPS) is 26.9. The van der Waals surface area contributed by atoms with Crippen molar-refractivity contribution >= 4 is 40.4 Å². The number of nitrogens with one attached hydrogen (secondary N) is 2. The Bertz CT molecular complexity index is 1350. The third-order valence-electron chi connectivity index (χ3n) is 7.45. The number of ether oxygens (including phenoxy) is 1. The van der Waals surface area contributed by atoms with Crippen LogP contribution in [0.4, 0.5) is 0 Å². The van der Waals surface area contributed by atoms with E-state index in [2.05, 4.69) is 10.6 Å². The van der Waals surface area contributed by atoms with Crippen molar-refractivity contribution in [3.63, 3.8) is 0 Å². The summed E-state index contributed by atoms with van der Waals surface area (Å²) < 4.78 is 4.72. The second kappa shape index (κ2) is 10.9. The number of benzene rings is 2. The molecule has 3 N–H and O–H groups in total. The number of esters is 1. The summed E-state index contributed by atoms with van der Waals surface area (Å²) in [6.45, 7) is 1.56. The van der Waals surface area contributed by atoms with Crippen molar-refractivity contribution < 1.29 is 33.8 Å². The molecule has 2 saturated heterocycles. The summed E-state index contributed by atoms with van der Waals surface area (Å²) in [5.41, 5.74) is 0.430. The number of piperazine rings is 1. The van der Waals surface area contributed by atoms with Crippen LogP contribution >= 0.6 is 0 Å². The average Bonchev–Trinajstić information content (AvgIpc) is 3.23. The number of amides is 4. The lowest BCUT2D eigenvalue weighted by atomic mass is 9.96. The highest BCUT2D eigenvalue weighted by Gasteiger charge is 2.46. The number of carbonyl (C=O) groups excluding carboxylic acids is 5. The van der Waals surface area contributed by atoms with Crippen LogP contribution in [0, 0.1) is 0 Å². The summed E-state index contributed by atoms with van der Waals surface area (Å²) in [7, 11) is 0. The standard InChI is InChI=1S/C28H30N4O7/c1-16(33)31-14-18-9-3-5-12-21(29-25(35)20-11-6-8-17-7-2-4-10-19(17)20)27(37)32(18)23(15-31)26(36)30-22-13-24(34)39-28(22)38/h2-8,10-11,18,21-23,28,38H,9,12-15H2,1H3,(H,29,35)(H,30,36)/t18-,21-,22?,23-,28?/m0/s1. The van der Waals surface area contributed by atoms with Gasteiger partial charge in [0.2, 0.25) is 24.0 Å². The van der Waals surface area contributed by atoms with E-state index in [1.54, 1.807) is 12.1 Å². The zero-order valence-electron chi connectivity index (χ0n) is 21.4. The van der Waals surface area contributed by atoms with Crippen LogP contribution in [-0.2, 0) is 23.9 Å². The average molecular weight is 535 g/mol. The molecule has 0 aliphatic carbocycles.